The third-order valence-electron chi connectivity index (χ3n) is 2.37. The molecule has 0 aliphatic rings. The molecular formula is C14H10N4O3. The van der Waals surface area contributed by atoms with Crippen LogP contribution >= 0.6 is 0 Å². The Kier molecular flexibility index (Phi) is 5.32. The van der Waals surface area contributed by atoms with Gasteiger partial charge in [-0.05, 0) is 25.1 Å². The molecule has 2 N–H and O–H groups in total. The number of nitrogens with zero attached hydrogens (tertiary/aromatic N) is 3. The summed E-state index contributed by atoms with van der Waals surface area (Å²) in [5, 5.41) is 38.1. The molecule has 0 amide bonds. The molecule has 0 bridgehead atoms. The Morgan fingerprint density at radius 1 is 1.29 bits per heavy atom. The smallest absolute Gasteiger partial charge is 0.335 e. The average Bonchev–Trinajstić information content (AvgIpc) is 2.48. The van der Waals surface area contributed by atoms with Gasteiger partial charge in [-0.1, -0.05) is 0 Å². The van der Waals surface area contributed by atoms with Gasteiger partial charge in [-0.25, -0.2) is 4.79 Å². The quantitative estimate of drug-likeness (QED) is 0.790. The molecule has 0 saturated heterocycles. The van der Waals surface area contributed by atoms with Gasteiger partial charge in [-0.3, -0.25) is 0 Å². The number of hydrogen-bond acceptors (Lipinski definition) is 6. The fourth-order valence-corrected chi connectivity index (χ4v) is 1.46. The molecule has 1 aromatic rings. The monoisotopic (exact) mass is 282 g/mol. The first-order valence-corrected chi connectivity index (χ1v) is 5.79. The molecule has 0 aliphatic carbocycles. The van der Waals surface area contributed by atoms with E-state index in [1.54, 1.807) is 25.1 Å². The Labute approximate surface area is 120 Å². The highest BCUT2D eigenvalue weighted by Crippen LogP contribution is 2.27. The molecule has 0 atom stereocenters. The maximum Gasteiger partial charge on any atom is 0.335 e. The van der Waals surface area contributed by atoms with Crippen molar-refractivity contribution in [1.29, 1.82) is 15.8 Å². The van der Waals surface area contributed by atoms with E-state index in [-0.39, 0.29) is 16.9 Å². The van der Waals surface area contributed by atoms with E-state index >= 15 is 0 Å². The molecule has 7 nitrogen and oxygen atoms in total. The molecular weight excluding hydrogens is 272 g/mol. The third kappa shape index (κ3) is 3.73. The lowest BCUT2D eigenvalue weighted by Crippen LogP contribution is -2.06. The highest BCUT2D eigenvalue weighted by Gasteiger charge is 2.13. The minimum Gasteiger partial charge on any atom is -0.492 e. The largest absolute Gasteiger partial charge is 0.492 e. The summed E-state index contributed by atoms with van der Waals surface area (Å²) in [5.74, 6) is -0.838. The number of carboxylic acids is 1. The summed E-state index contributed by atoms with van der Waals surface area (Å²) in [7, 11) is 0. The molecule has 104 valence electrons. The van der Waals surface area contributed by atoms with Crippen molar-refractivity contribution in [2.75, 3.05) is 11.9 Å². The number of rotatable bonds is 5. The Morgan fingerprint density at radius 2 is 1.95 bits per heavy atom. The first-order valence-electron chi connectivity index (χ1n) is 5.79. The fraction of sp³-hybridized carbons (Fsp3) is 0.143. The van der Waals surface area contributed by atoms with Crippen LogP contribution in [0.4, 0.5) is 5.69 Å². The number of aromatic carboxylic acids is 1. The average molecular weight is 282 g/mol. The van der Waals surface area contributed by atoms with E-state index in [1.165, 1.54) is 18.2 Å². The Balaban J connectivity index is 3.34. The van der Waals surface area contributed by atoms with Gasteiger partial charge < -0.3 is 15.2 Å². The zero-order valence-electron chi connectivity index (χ0n) is 11.0. The van der Waals surface area contributed by atoms with Crippen LogP contribution in [0.25, 0.3) is 0 Å². The number of carboxylic acid groups (broad SMARTS) is 1. The molecule has 0 heterocycles. The van der Waals surface area contributed by atoms with E-state index in [0.717, 1.165) is 0 Å². The lowest BCUT2D eigenvalue weighted by molar-refractivity contribution is 0.0697. The van der Waals surface area contributed by atoms with E-state index in [4.69, 9.17) is 25.6 Å². The maximum atomic E-state index is 11.0. The van der Waals surface area contributed by atoms with Gasteiger partial charge in [0.1, 0.15) is 29.7 Å². The molecule has 0 unspecified atom stereocenters. The number of ether oxygens (including phenoxy) is 1. The Bertz CT molecular complexity index is 701. The van der Waals surface area contributed by atoms with Crippen molar-refractivity contribution < 1.29 is 14.6 Å². The first-order chi connectivity index (χ1) is 10.1. The normalized spacial score (nSPS) is 8.67. The summed E-state index contributed by atoms with van der Waals surface area (Å²) in [5.41, 5.74) is -0.505. The Hall–Kier alpha value is -3.50. The zero-order chi connectivity index (χ0) is 15.8. The molecule has 0 aliphatic heterocycles. The first kappa shape index (κ1) is 15.6. The van der Waals surface area contributed by atoms with E-state index in [2.05, 4.69) is 5.32 Å². The van der Waals surface area contributed by atoms with Crippen LogP contribution in [0.5, 0.6) is 5.75 Å². The van der Waals surface area contributed by atoms with Crippen molar-refractivity contribution in [3.63, 3.8) is 0 Å². The number of benzene rings is 1. The van der Waals surface area contributed by atoms with Gasteiger partial charge in [-0.2, -0.15) is 15.8 Å². The minimum atomic E-state index is -1.15. The van der Waals surface area contributed by atoms with E-state index < -0.39 is 11.5 Å². The van der Waals surface area contributed by atoms with E-state index in [0.29, 0.717) is 12.4 Å². The van der Waals surface area contributed by atoms with Crippen molar-refractivity contribution in [2.24, 2.45) is 0 Å². The minimum absolute atomic E-state index is 0.0197. The molecule has 0 saturated carbocycles. The number of nitriles is 3. The summed E-state index contributed by atoms with van der Waals surface area (Å²) in [4.78, 5) is 11.0. The van der Waals surface area contributed by atoms with Crippen LogP contribution in [0.2, 0.25) is 0 Å². The SMILES string of the molecule is CCOc1ccc(C(=O)O)cc1NC(C#N)=C(C#N)C#N. The molecule has 0 aromatic heterocycles. The van der Waals surface area contributed by atoms with Gasteiger partial charge in [0.15, 0.2) is 5.57 Å². The summed E-state index contributed by atoms with van der Waals surface area (Å²) >= 11 is 0. The van der Waals surface area contributed by atoms with Gasteiger partial charge in [0.2, 0.25) is 0 Å². The summed E-state index contributed by atoms with van der Waals surface area (Å²) in [6, 6.07) is 8.91. The van der Waals surface area contributed by atoms with Crippen LogP contribution in [0, 0.1) is 34.0 Å². The predicted molar refractivity (Wildman–Crippen MR) is 72.1 cm³/mol. The predicted octanol–water partition coefficient (Wildman–Crippen LogP) is 2.02. The molecule has 21 heavy (non-hydrogen) atoms. The summed E-state index contributed by atoms with van der Waals surface area (Å²) < 4.78 is 5.31. The Morgan fingerprint density at radius 3 is 2.43 bits per heavy atom. The molecule has 0 spiro atoms. The zero-order valence-corrected chi connectivity index (χ0v) is 11.0. The number of nitrogens with one attached hydrogen (secondary N) is 1. The molecule has 1 rings (SSSR count). The molecule has 0 radical (unpaired) electrons. The second kappa shape index (κ2) is 7.18. The van der Waals surface area contributed by atoms with Crippen molar-refractivity contribution in [3.8, 4) is 24.0 Å². The van der Waals surface area contributed by atoms with Crippen LogP contribution in [-0.4, -0.2) is 17.7 Å². The van der Waals surface area contributed by atoms with Crippen LogP contribution in [-0.2, 0) is 0 Å². The van der Waals surface area contributed by atoms with Gasteiger partial charge in [0.05, 0.1) is 17.9 Å². The van der Waals surface area contributed by atoms with Crippen LogP contribution in [0.15, 0.2) is 29.5 Å². The maximum absolute atomic E-state index is 11.0. The number of hydrogen-bond donors (Lipinski definition) is 2. The fourth-order valence-electron chi connectivity index (χ4n) is 1.46. The van der Waals surface area contributed by atoms with Crippen LogP contribution < -0.4 is 10.1 Å². The second-order valence-corrected chi connectivity index (χ2v) is 3.66. The number of carbonyl (C=O) groups is 1. The van der Waals surface area contributed by atoms with Gasteiger partial charge in [0.25, 0.3) is 0 Å². The van der Waals surface area contributed by atoms with Gasteiger partial charge in [-0.15, -0.1) is 0 Å². The van der Waals surface area contributed by atoms with Crippen LogP contribution in [0.3, 0.4) is 0 Å². The third-order valence-corrected chi connectivity index (χ3v) is 2.37. The summed E-state index contributed by atoms with van der Waals surface area (Å²) in [6.07, 6.45) is 0. The van der Waals surface area contributed by atoms with Crippen molar-refractivity contribution in [1.82, 2.24) is 0 Å². The lowest BCUT2D eigenvalue weighted by Gasteiger charge is -2.12. The highest BCUT2D eigenvalue weighted by atomic mass is 16.5. The van der Waals surface area contributed by atoms with E-state index in [9.17, 15) is 4.79 Å². The van der Waals surface area contributed by atoms with Gasteiger partial charge >= 0.3 is 5.97 Å². The number of allylic oxidation sites excluding steroid dienone is 2. The molecule has 7 heteroatoms. The van der Waals surface area contributed by atoms with Gasteiger partial charge in [0, 0.05) is 0 Å². The highest BCUT2D eigenvalue weighted by molar-refractivity contribution is 5.89. The van der Waals surface area contributed by atoms with Crippen molar-refractivity contribution in [3.05, 3.63) is 35.0 Å². The molecule has 0 fully saturated rings. The van der Waals surface area contributed by atoms with Crippen molar-refractivity contribution in [2.45, 2.75) is 6.92 Å². The lowest BCUT2D eigenvalue weighted by atomic mass is 10.1. The molecule has 1 aromatic carbocycles. The topological polar surface area (TPSA) is 130 Å². The second-order valence-electron chi connectivity index (χ2n) is 3.66. The van der Waals surface area contributed by atoms with E-state index in [1.807, 2.05) is 0 Å². The van der Waals surface area contributed by atoms with Crippen molar-refractivity contribution >= 4 is 11.7 Å². The van der Waals surface area contributed by atoms with Crippen LogP contribution in [0.1, 0.15) is 17.3 Å². The standard InChI is InChI=1S/C14H10N4O3/c1-2-21-13-4-3-9(14(19)20)5-11(13)18-12(8-17)10(6-15)7-16/h3-5,18H,2H2,1H3,(H,19,20). The number of anilines is 1. The summed E-state index contributed by atoms with van der Waals surface area (Å²) in [6.45, 7) is 2.07.